The van der Waals surface area contributed by atoms with Gasteiger partial charge in [-0.2, -0.15) is 0 Å². The molecule has 0 aliphatic heterocycles. The van der Waals surface area contributed by atoms with Gasteiger partial charge in [-0.1, -0.05) is 6.08 Å². The highest BCUT2D eigenvalue weighted by molar-refractivity contribution is 4.69. The minimum Gasteiger partial charge on any atom is -0.264 e. The fourth-order valence-electron chi connectivity index (χ4n) is 0.327. The molecule has 0 saturated heterocycles. The van der Waals surface area contributed by atoms with Crippen molar-refractivity contribution in [3.63, 3.8) is 0 Å². The molecule has 0 heterocycles. The van der Waals surface area contributed by atoms with Crippen molar-refractivity contribution in [1.29, 1.82) is 0 Å². The predicted octanol–water partition coefficient (Wildman–Crippen LogP) is 1.23. The van der Waals surface area contributed by atoms with Crippen LogP contribution >= 0.6 is 0 Å². The molecular formula is C5H9NO2. The smallest absolute Gasteiger partial charge is 0.213 e. The molecule has 0 spiro atoms. The minimum absolute atomic E-state index is 0.318. The zero-order valence-electron chi connectivity index (χ0n) is 4.83. The molecule has 0 radical (unpaired) electrons. The Morgan fingerprint density at radius 3 is 2.62 bits per heavy atom. The van der Waals surface area contributed by atoms with E-state index in [2.05, 4.69) is 6.58 Å². The summed E-state index contributed by atoms with van der Waals surface area (Å²) in [4.78, 5) is 9.53. The summed E-state index contributed by atoms with van der Waals surface area (Å²) in [5.41, 5.74) is 0. The van der Waals surface area contributed by atoms with Crippen LogP contribution in [0.15, 0.2) is 12.7 Å². The monoisotopic (exact) mass is 115 g/mol. The van der Waals surface area contributed by atoms with Crippen LogP contribution in [0, 0.1) is 10.1 Å². The molecule has 3 heteroatoms. The van der Waals surface area contributed by atoms with Crippen LogP contribution in [-0.4, -0.2) is 11.0 Å². The summed E-state index contributed by atoms with van der Waals surface area (Å²) >= 11 is 0. The Balaban J connectivity index is 3.46. The molecule has 3 nitrogen and oxygen atoms in total. The van der Waals surface area contributed by atoms with Crippen molar-refractivity contribution < 1.29 is 4.92 Å². The Morgan fingerprint density at radius 2 is 2.50 bits per heavy atom. The lowest BCUT2D eigenvalue weighted by Crippen LogP contribution is -2.12. The van der Waals surface area contributed by atoms with E-state index in [1.807, 2.05) is 0 Å². The molecule has 0 aliphatic carbocycles. The summed E-state index contributed by atoms with van der Waals surface area (Å²) in [6, 6.07) is -0.479. The third-order valence-corrected chi connectivity index (χ3v) is 0.868. The van der Waals surface area contributed by atoms with Gasteiger partial charge in [0.25, 0.3) is 0 Å². The highest BCUT2D eigenvalue weighted by Crippen LogP contribution is 1.93. The van der Waals surface area contributed by atoms with Crippen molar-refractivity contribution in [1.82, 2.24) is 0 Å². The van der Waals surface area contributed by atoms with Crippen molar-refractivity contribution in [3.05, 3.63) is 22.8 Å². The normalized spacial score (nSPS) is 12.6. The maximum atomic E-state index is 9.85. The topological polar surface area (TPSA) is 43.1 Å². The molecule has 0 aliphatic rings. The quantitative estimate of drug-likeness (QED) is 0.315. The van der Waals surface area contributed by atoms with Crippen molar-refractivity contribution in [2.75, 3.05) is 0 Å². The molecule has 46 valence electrons. The van der Waals surface area contributed by atoms with E-state index in [1.165, 1.54) is 0 Å². The fraction of sp³-hybridized carbons (Fsp3) is 0.600. The molecule has 0 saturated carbocycles. The molecule has 0 bridgehead atoms. The van der Waals surface area contributed by atoms with E-state index >= 15 is 0 Å². The summed E-state index contributed by atoms with van der Waals surface area (Å²) in [6.07, 6.45) is 2.00. The summed E-state index contributed by atoms with van der Waals surface area (Å²) in [5, 5.41) is 9.85. The first-order chi connectivity index (χ1) is 3.68. The standard InChI is InChI=1S/C5H9NO2/c1-3-4-5(2)6(7)8/h3,5H,1,4H2,2H3. The maximum absolute atomic E-state index is 9.85. The Bertz CT molecular complexity index is 101. The van der Waals surface area contributed by atoms with Crippen LogP contribution in [0.3, 0.4) is 0 Å². The number of rotatable bonds is 3. The lowest BCUT2D eigenvalue weighted by Gasteiger charge is -1.95. The Kier molecular flexibility index (Phi) is 2.84. The Morgan fingerprint density at radius 1 is 2.00 bits per heavy atom. The van der Waals surface area contributed by atoms with E-state index in [4.69, 9.17) is 0 Å². The maximum Gasteiger partial charge on any atom is 0.213 e. The van der Waals surface area contributed by atoms with Crippen LogP contribution in [0.1, 0.15) is 13.3 Å². The number of hydrogen-bond acceptors (Lipinski definition) is 2. The van der Waals surface area contributed by atoms with E-state index in [-0.39, 0.29) is 4.92 Å². The first-order valence-corrected chi connectivity index (χ1v) is 2.43. The number of nitro groups is 1. The van der Waals surface area contributed by atoms with E-state index in [9.17, 15) is 10.1 Å². The van der Waals surface area contributed by atoms with Crippen molar-refractivity contribution in [2.24, 2.45) is 0 Å². The molecule has 0 amide bonds. The molecule has 0 rings (SSSR count). The Hall–Kier alpha value is -0.860. The minimum atomic E-state index is -0.479. The number of nitrogens with zero attached hydrogens (tertiary/aromatic N) is 1. The van der Waals surface area contributed by atoms with Gasteiger partial charge in [-0.05, 0) is 0 Å². The highest BCUT2D eigenvalue weighted by atomic mass is 16.6. The zero-order valence-corrected chi connectivity index (χ0v) is 4.83. The van der Waals surface area contributed by atoms with Crippen LogP contribution in [0.5, 0.6) is 0 Å². The molecule has 1 atom stereocenters. The lowest BCUT2D eigenvalue weighted by molar-refractivity contribution is -0.517. The highest BCUT2D eigenvalue weighted by Gasteiger charge is 2.07. The Labute approximate surface area is 48.2 Å². The molecule has 0 aromatic heterocycles. The average molecular weight is 115 g/mol. The fourth-order valence-corrected chi connectivity index (χ4v) is 0.327. The molecular weight excluding hydrogens is 106 g/mol. The van der Waals surface area contributed by atoms with Gasteiger partial charge in [0.2, 0.25) is 6.04 Å². The molecule has 0 fully saturated rings. The molecule has 8 heavy (non-hydrogen) atoms. The first-order valence-electron chi connectivity index (χ1n) is 2.43. The van der Waals surface area contributed by atoms with E-state index in [0.717, 1.165) is 0 Å². The second-order valence-electron chi connectivity index (χ2n) is 1.66. The number of hydrogen-bond donors (Lipinski definition) is 0. The van der Waals surface area contributed by atoms with Gasteiger partial charge in [-0.15, -0.1) is 6.58 Å². The summed E-state index contributed by atoms with van der Waals surface area (Å²) in [5.74, 6) is 0. The van der Waals surface area contributed by atoms with Crippen LogP contribution in [0.4, 0.5) is 0 Å². The van der Waals surface area contributed by atoms with Crippen molar-refractivity contribution >= 4 is 0 Å². The van der Waals surface area contributed by atoms with Gasteiger partial charge in [0.1, 0.15) is 0 Å². The van der Waals surface area contributed by atoms with Crippen LogP contribution in [0.2, 0.25) is 0 Å². The van der Waals surface area contributed by atoms with Gasteiger partial charge in [0.15, 0.2) is 0 Å². The second kappa shape index (κ2) is 3.18. The van der Waals surface area contributed by atoms with Crippen molar-refractivity contribution in [3.8, 4) is 0 Å². The van der Waals surface area contributed by atoms with Crippen molar-refractivity contribution in [2.45, 2.75) is 19.4 Å². The van der Waals surface area contributed by atoms with Gasteiger partial charge in [0.05, 0.1) is 0 Å². The molecule has 0 aromatic rings. The molecule has 1 unspecified atom stereocenters. The summed E-state index contributed by atoms with van der Waals surface area (Å²) in [7, 11) is 0. The molecule has 0 aromatic carbocycles. The summed E-state index contributed by atoms with van der Waals surface area (Å²) < 4.78 is 0. The third kappa shape index (κ3) is 2.34. The van der Waals surface area contributed by atoms with Crippen LogP contribution < -0.4 is 0 Å². The largest absolute Gasteiger partial charge is 0.264 e. The van der Waals surface area contributed by atoms with E-state index in [0.29, 0.717) is 6.42 Å². The average Bonchev–Trinajstić information content (AvgIpc) is 1.67. The van der Waals surface area contributed by atoms with Gasteiger partial charge < -0.3 is 0 Å². The van der Waals surface area contributed by atoms with Gasteiger partial charge in [0, 0.05) is 18.3 Å². The third-order valence-electron chi connectivity index (χ3n) is 0.868. The van der Waals surface area contributed by atoms with Gasteiger partial charge >= 0.3 is 0 Å². The zero-order chi connectivity index (χ0) is 6.57. The lowest BCUT2D eigenvalue weighted by atomic mass is 10.2. The predicted molar refractivity (Wildman–Crippen MR) is 31.3 cm³/mol. The molecule has 0 N–H and O–H groups in total. The van der Waals surface area contributed by atoms with Gasteiger partial charge in [-0.3, -0.25) is 10.1 Å². The van der Waals surface area contributed by atoms with E-state index < -0.39 is 6.04 Å². The second-order valence-corrected chi connectivity index (χ2v) is 1.66. The van der Waals surface area contributed by atoms with E-state index in [1.54, 1.807) is 13.0 Å². The SMILES string of the molecule is C=CCC(C)[N+](=O)[O-]. The van der Waals surface area contributed by atoms with Crippen LogP contribution in [-0.2, 0) is 0 Å². The summed E-state index contributed by atoms with van der Waals surface area (Å²) in [6.45, 7) is 4.94. The van der Waals surface area contributed by atoms with Gasteiger partial charge in [-0.25, -0.2) is 0 Å². The first kappa shape index (κ1) is 7.14. The van der Waals surface area contributed by atoms with Crippen LogP contribution in [0.25, 0.3) is 0 Å².